The fourth-order valence-corrected chi connectivity index (χ4v) is 5.17. The Morgan fingerprint density at radius 2 is 1.78 bits per heavy atom. The Kier molecular flexibility index (Phi) is 8.93. The van der Waals surface area contributed by atoms with Crippen LogP contribution in [0.5, 0.6) is 0 Å². The van der Waals surface area contributed by atoms with E-state index in [0.29, 0.717) is 24.3 Å². The maximum absolute atomic E-state index is 13.0. The summed E-state index contributed by atoms with van der Waals surface area (Å²) < 4.78 is 1.56. The van der Waals surface area contributed by atoms with Gasteiger partial charge in [-0.1, -0.05) is 12.1 Å². The molecule has 0 saturated carbocycles. The fraction of sp³-hybridized carbons (Fsp3) is 0.323. The highest BCUT2D eigenvalue weighted by Crippen LogP contribution is 2.30. The minimum atomic E-state index is -0.249. The molecule has 4 aromatic rings. The summed E-state index contributed by atoms with van der Waals surface area (Å²) in [5.74, 6) is 0.172. The van der Waals surface area contributed by atoms with Gasteiger partial charge in [0.25, 0.3) is 5.91 Å². The van der Waals surface area contributed by atoms with Crippen LogP contribution in [0.15, 0.2) is 73.1 Å². The summed E-state index contributed by atoms with van der Waals surface area (Å²) in [6.07, 6.45) is 5.32. The van der Waals surface area contributed by atoms with Crippen molar-refractivity contribution in [2.45, 2.75) is 31.9 Å². The molecule has 0 radical (unpaired) electrons. The van der Waals surface area contributed by atoms with Gasteiger partial charge in [-0.15, -0.1) is 0 Å². The van der Waals surface area contributed by atoms with Crippen LogP contribution in [-0.4, -0.2) is 76.0 Å². The fourth-order valence-electron chi connectivity index (χ4n) is 5.17. The molecule has 4 N–H and O–H groups in total. The third-order valence-electron chi connectivity index (χ3n) is 7.43. The molecule has 2 aromatic heterocycles. The molecule has 10 heteroatoms. The number of pyridine rings is 1. The summed E-state index contributed by atoms with van der Waals surface area (Å²) in [5, 5.41) is 25.7. The van der Waals surface area contributed by atoms with Crippen LogP contribution in [0.3, 0.4) is 0 Å². The number of amides is 2. The van der Waals surface area contributed by atoms with Crippen molar-refractivity contribution >= 4 is 40.0 Å². The minimum Gasteiger partial charge on any atom is -0.396 e. The Morgan fingerprint density at radius 3 is 2.51 bits per heavy atom. The van der Waals surface area contributed by atoms with Crippen molar-refractivity contribution in [2.24, 2.45) is 0 Å². The second-order valence-electron chi connectivity index (χ2n) is 10.3. The molecular weight excluding hydrogens is 520 g/mol. The lowest BCUT2D eigenvalue weighted by molar-refractivity contribution is 0.0792. The van der Waals surface area contributed by atoms with Crippen LogP contribution in [0.2, 0.25) is 0 Å². The lowest BCUT2D eigenvalue weighted by Crippen LogP contribution is -2.35. The van der Waals surface area contributed by atoms with Gasteiger partial charge in [0.2, 0.25) is 0 Å². The van der Waals surface area contributed by atoms with Gasteiger partial charge in [0.15, 0.2) is 0 Å². The highest BCUT2D eigenvalue weighted by Gasteiger charge is 2.18. The smallest absolute Gasteiger partial charge is 0.325 e. The van der Waals surface area contributed by atoms with Crippen LogP contribution >= 0.6 is 0 Å². The molecular formula is C31H36N6O4. The van der Waals surface area contributed by atoms with Gasteiger partial charge in [-0.3, -0.25) is 14.3 Å². The zero-order valence-electron chi connectivity index (χ0n) is 23.2. The largest absolute Gasteiger partial charge is 0.396 e. The van der Waals surface area contributed by atoms with Gasteiger partial charge >= 0.3 is 6.03 Å². The highest BCUT2D eigenvalue weighted by molar-refractivity contribution is 6.04. The molecule has 5 rings (SSSR count). The second kappa shape index (κ2) is 12.9. The molecule has 0 unspecified atom stereocenters. The number of nitrogens with one attached hydrogen (secondary N) is 2. The number of aliphatic hydroxyl groups excluding tert-OH is 2. The maximum atomic E-state index is 13.0. The molecule has 2 aromatic carbocycles. The summed E-state index contributed by atoms with van der Waals surface area (Å²) in [7, 11) is 1.60. The number of benzene rings is 2. The van der Waals surface area contributed by atoms with E-state index in [-0.39, 0.29) is 24.6 Å². The number of anilines is 3. The number of likely N-dealkylation sites (tertiary alicyclic amines) is 1. The maximum Gasteiger partial charge on any atom is 0.325 e. The summed E-state index contributed by atoms with van der Waals surface area (Å²) >= 11 is 0. The lowest BCUT2D eigenvalue weighted by atomic mass is 10.1. The van der Waals surface area contributed by atoms with Crippen LogP contribution in [0.4, 0.5) is 22.0 Å². The molecule has 2 amide bonds. The number of carbonyl (C=O) groups excluding carboxylic acids is 2. The van der Waals surface area contributed by atoms with Crippen molar-refractivity contribution in [3.8, 4) is 0 Å². The van der Waals surface area contributed by atoms with E-state index >= 15 is 0 Å². The monoisotopic (exact) mass is 556 g/mol. The number of piperidine rings is 1. The SMILES string of the molecule is CNC(=O)n1ccc2cc(N(CCCO)c3ccnc(NC(=O)c4ccc(CN5CCC(O)CC5)cc4)c3)ccc21. The van der Waals surface area contributed by atoms with Gasteiger partial charge in [-0.2, -0.15) is 0 Å². The molecule has 214 valence electrons. The second-order valence-corrected chi connectivity index (χ2v) is 10.3. The Balaban J connectivity index is 1.30. The van der Waals surface area contributed by atoms with Crippen molar-refractivity contribution in [3.63, 3.8) is 0 Å². The van der Waals surface area contributed by atoms with Gasteiger partial charge in [0.05, 0.1) is 11.6 Å². The quantitative estimate of drug-likeness (QED) is 0.246. The summed E-state index contributed by atoms with van der Waals surface area (Å²) in [5.41, 5.74) is 4.16. The average molecular weight is 557 g/mol. The molecule has 1 aliphatic heterocycles. The molecule has 1 saturated heterocycles. The summed E-state index contributed by atoms with van der Waals surface area (Å²) in [6.45, 7) is 3.13. The van der Waals surface area contributed by atoms with E-state index in [2.05, 4.69) is 25.4 Å². The van der Waals surface area contributed by atoms with Crippen molar-refractivity contribution in [2.75, 3.05) is 43.5 Å². The van der Waals surface area contributed by atoms with Gasteiger partial charge in [-0.25, -0.2) is 9.78 Å². The van der Waals surface area contributed by atoms with E-state index in [4.69, 9.17) is 0 Å². The van der Waals surface area contributed by atoms with E-state index in [1.807, 2.05) is 60.7 Å². The van der Waals surface area contributed by atoms with Crippen LogP contribution in [0, 0.1) is 0 Å². The Morgan fingerprint density at radius 1 is 1.02 bits per heavy atom. The Hall–Kier alpha value is -4.25. The van der Waals surface area contributed by atoms with Crippen LogP contribution in [-0.2, 0) is 6.54 Å². The number of rotatable bonds is 9. The lowest BCUT2D eigenvalue weighted by Gasteiger charge is -2.29. The first-order valence-corrected chi connectivity index (χ1v) is 13.9. The predicted octanol–water partition coefficient (Wildman–Crippen LogP) is 3.95. The molecule has 1 aliphatic rings. The number of carbonyl (C=O) groups is 2. The number of aromatic nitrogens is 2. The predicted molar refractivity (Wildman–Crippen MR) is 160 cm³/mol. The van der Waals surface area contributed by atoms with E-state index in [1.165, 1.54) is 0 Å². The van der Waals surface area contributed by atoms with E-state index in [0.717, 1.165) is 60.3 Å². The highest BCUT2D eigenvalue weighted by atomic mass is 16.3. The van der Waals surface area contributed by atoms with Crippen LogP contribution in [0.25, 0.3) is 10.9 Å². The standard InChI is InChI=1S/C31H36N6O4/c1-32-31(41)37-17-10-24-19-25(7-8-28(24)37)36(14-2-18-38)26-9-13-33-29(20-26)34-30(40)23-5-3-22(4-6-23)21-35-15-11-27(39)12-16-35/h3-10,13,17,19-20,27,38-39H,2,11-12,14-16,18,21H2,1H3,(H,32,41)(H,33,34,40). The number of hydrogen-bond donors (Lipinski definition) is 4. The van der Waals surface area contributed by atoms with E-state index in [9.17, 15) is 19.8 Å². The van der Waals surface area contributed by atoms with Gasteiger partial charge in [0, 0.05) is 80.6 Å². The van der Waals surface area contributed by atoms with Crippen molar-refractivity contribution in [1.82, 2.24) is 19.8 Å². The first-order valence-electron chi connectivity index (χ1n) is 13.9. The first-order chi connectivity index (χ1) is 19.9. The van der Waals surface area contributed by atoms with E-state index in [1.54, 1.807) is 24.0 Å². The zero-order chi connectivity index (χ0) is 28.8. The van der Waals surface area contributed by atoms with E-state index < -0.39 is 0 Å². The van der Waals surface area contributed by atoms with Gasteiger partial charge in [-0.05, 0) is 67.3 Å². The molecule has 0 bridgehead atoms. The first kappa shape index (κ1) is 28.3. The van der Waals surface area contributed by atoms with Gasteiger partial charge in [0.1, 0.15) is 5.82 Å². The van der Waals surface area contributed by atoms with Crippen LogP contribution < -0.4 is 15.5 Å². The number of aliphatic hydroxyl groups is 2. The Bertz CT molecular complexity index is 1490. The third kappa shape index (κ3) is 6.74. The molecule has 3 heterocycles. The van der Waals surface area contributed by atoms with Crippen molar-refractivity contribution < 1.29 is 19.8 Å². The summed E-state index contributed by atoms with van der Waals surface area (Å²) in [6, 6.07) is 18.8. The van der Waals surface area contributed by atoms with Crippen LogP contribution in [0.1, 0.15) is 35.2 Å². The molecule has 10 nitrogen and oxygen atoms in total. The normalized spacial score (nSPS) is 14.2. The van der Waals surface area contributed by atoms with Crippen molar-refractivity contribution in [1.29, 1.82) is 0 Å². The average Bonchev–Trinajstić information content (AvgIpc) is 3.42. The zero-order valence-corrected chi connectivity index (χ0v) is 23.2. The molecule has 0 aliphatic carbocycles. The minimum absolute atomic E-state index is 0.0379. The molecule has 1 fully saturated rings. The topological polar surface area (TPSA) is 123 Å². The number of nitrogens with zero attached hydrogens (tertiary/aromatic N) is 4. The number of hydrogen-bond acceptors (Lipinski definition) is 7. The summed E-state index contributed by atoms with van der Waals surface area (Å²) in [4.78, 5) is 33.9. The Labute approximate surface area is 239 Å². The molecule has 0 spiro atoms. The molecule has 0 atom stereocenters. The van der Waals surface area contributed by atoms with Gasteiger partial charge < -0.3 is 25.7 Å². The number of fused-ring (bicyclic) bond motifs is 1. The third-order valence-corrected chi connectivity index (χ3v) is 7.43. The van der Waals surface area contributed by atoms with Crippen molar-refractivity contribution in [3.05, 3.63) is 84.2 Å². The molecule has 41 heavy (non-hydrogen) atoms.